The Morgan fingerprint density at radius 3 is 2.46 bits per heavy atom. The smallest absolute Gasteiger partial charge is 0.250 e. The van der Waals surface area contributed by atoms with Crippen LogP contribution in [0.3, 0.4) is 0 Å². The number of hydrogen-bond donors (Lipinski definition) is 2. The van der Waals surface area contributed by atoms with Crippen LogP contribution in [-0.4, -0.2) is 25.2 Å². The summed E-state index contributed by atoms with van der Waals surface area (Å²) in [5.41, 5.74) is 10.3. The van der Waals surface area contributed by atoms with E-state index in [0.29, 0.717) is 18.1 Å². The highest BCUT2D eigenvalue weighted by Gasteiger charge is 2.18. The van der Waals surface area contributed by atoms with Gasteiger partial charge in [-0.25, -0.2) is 0 Å². The van der Waals surface area contributed by atoms with Crippen LogP contribution in [0, 0.1) is 0 Å². The topological polar surface area (TPSA) is 64.3 Å². The third-order valence-electron chi connectivity index (χ3n) is 4.49. The number of primary amides is 1. The third-order valence-corrected chi connectivity index (χ3v) is 4.49. The lowest BCUT2D eigenvalue weighted by atomic mass is 9.97. The standard InChI is InChI=1S/C20H24N2O2/c1-13(2)14-3-5-15(6-4-14)16-7-8-19(18(11-16)20(21)23)22-17-9-10-24-12-17/h3-8,11,13,17,22H,9-10,12H2,1-2H3,(H2,21,23)/t17-/m0/s1. The first-order chi connectivity index (χ1) is 11.5. The minimum Gasteiger partial charge on any atom is -0.379 e. The monoisotopic (exact) mass is 324 g/mol. The maximum Gasteiger partial charge on any atom is 0.250 e. The van der Waals surface area contributed by atoms with Crippen molar-refractivity contribution in [1.82, 2.24) is 0 Å². The molecule has 0 saturated carbocycles. The van der Waals surface area contributed by atoms with Crippen molar-refractivity contribution in [3.63, 3.8) is 0 Å². The highest BCUT2D eigenvalue weighted by molar-refractivity contribution is 6.00. The Hall–Kier alpha value is -2.33. The Morgan fingerprint density at radius 2 is 1.88 bits per heavy atom. The first-order valence-corrected chi connectivity index (χ1v) is 8.43. The molecule has 0 spiro atoms. The molecule has 24 heavy (non-hydrogen) atoms. The molecule has 3 rings (SSSR count). The van der Waals surface area contributed by atoms with Crippen molar-refractivity contribution in [3.05, 3.63) is 53.6 Å². The van der Waals surface area contributed by atoms with Crippen LogP contribution in [0.1, 0.15) is 42.1 Å². The van der Waals surface area contributed by atoms with Crippen LogP contribution in [0.15, 0.2) is 42.5 Å². The van der Waals surface area contributed by atoms with Crippen LogP contribution in [0.2, 0.25) is 0 Å². The van der Waals surface area contributed by atoms with Crippen molar-refractivity contribution in [2.75, 3.05) is 18.5 Å². The lowest BCUT2D eigenvalue weighted by molar-refractivity contribution is 0.100. The Balaban J connectivity index is 1.89. The maximum absolute atomic E-state index is 11.9. The average molecular weight is 324 g/mol. The van der Waals surface area contributed by atoms with Crippen LogP contribution in [0.5, 0.6) is 0 Å². The van der Waals surface area contributed by atoms with Crippen LogP contribution in [0.4, 0.5) is 5.69 Å². The Kier molecular flexibility index (Phi) is 4.86. The quantitative estimate of drug-likeness (QED) is 0.880. The molecular weight excluding hydrogens is 300 g/mol. The average Bonchev–Trinajstić information content (AvgIpc) is 3.08. The molecule has 0 aromatic heterocycles. The fourth-order valence-electron chi connectivity index (χ4n) is 2.98. The van der Waals surface area contributed by atoms with Gasteiger partial charge in [-0.3, -0.25) is 4.79 Å². The van der Waals surface area contributed by atoms with Crippen molar-refractivity contribution in [3.8, 4) is 11.1 Å². The highest BCUT2D eigenvalue weighted by atomic mass is 16.5. The molecule has 1 aliphatic rings. The predicted octanol–water partition coefficient (Wildman–Crippen LogP) is 3.78. The number of hydrogen-bond acceptors (Lipinski definition) is 3. The Morgan fingerprint density at radius 1 is 1.17 bits per heavy atom. The summed E-state index contributed by atoms with van der Waals surface area (Å²) in [5, 5.41) is 3.37. The molecule has 1 atom stereocenters. The fraction of sp³-hybridized carbons (Fsp3) is 0.350. The number of carbonyl (C=O) groups is 1. The minimum absolute atomic E-state index is 0.235. The van der Waals surface area contributed by atoms with Gasteiger partial charge < -0.3 is 15.8 Å². The van der Waals surface area contributed by atoms with Gasteiger partial charge in [0.25, 0.3) is 5.91 Å². The zero-order chi connectivity index (χ0) is 17.1. The van der Waals surface area contributed by atoms with E-state index in [4.69, 9.17) is 10.5 Å². The zero-order valence-corrected chi connectivity index (χ0v) is 14.2. The summed E-state index contributed by atoms with van der Waals surface area (Å²) in [7, 11) is 0. The second-order valence-corrected chi connectivity index (χ2v) is 6.61. The van der Waals surface area contributed by atoms with Gasteiger partial charge in [0, 0.05) is 12.3 Å². The first-order valence-electron chi connectivity index (χ1n) is 8.43. The SMILES string of the molecule is CC(C)c1ccc(-c2ccc(N[C@H]3CCOC3)c(C(N)=O)c2)cc1. The molecule has 4 nitrogen and oxygen atoms in total. The van der Waals surface area contributed by atoms with E-state index in [1.54, 1.807) is 0 Å². The van der Waals surface area contributed by atoms with Crippen molar-refractivity contribution in [2.45, 2.75) is 32.2 Å². The second-order valence-electron chi connectivity index (χ2n) is 6.61. The van der Waals surface area contributed by atoms with Gasteiger partial charge in [0.2, 0.25) is 0 Å². The van der Waals surface area contributed by atoms with Crippen LogP contribution in [0.25, 0.3) is 11.1 Å². The Labute approximate surface area is 143 Å². The largest absolute Gasteiger partial charge is 0.379 e. The summed E-state index contributed by atoms with van der Waals surface area (Å²) in [5.74, 6) is 0.0810. The molecule has 2 aromatic carbocycles. The van der Waals surface area contributed by atoms with Gasteiger partial charge in [-0.1, -0.05) is 44.2 Å². The van der Waals surface area contributed by atoms with Crippen LogP contribution in [-0.2, 0) is 4.74 Å². The van der Waals surface area contributed by atoms with Gasteiger partial charge in [-0.2, -0.15) is 0 Å². The van der Waals surface area contributed by atoms with Crippen LogP contribution < -0.4 is 11.1 Å². The molecule has 1 amide bonds. The summed E-state index contributed by atoms with van der Waals surface area (Å²) < 4.78 is 5.37. The first kappa shape index (κ1) is 16.5. The summed E-state index contributed by atoms with van der Waals surface area (Å²) in [6.45, 7) is 5.77. The van der Waals surface area contributed by atoms with Gasteiger partial charge >= 0.3 is 0 Å². The van der Waals surface area contributed by atoms with E-state index in [1.807, 2.05) is 18.2 Å². The van der Waals surface area contributed by atoms with Gasteiger partial charge in [0.15, 0.2) is 0 Å². The number of nitrogens with two attached hydrogens (primary N) is 1. The number of benzene rings is 2. The summed E-state index contributed by atoms with van der Waals surface area (Å²) in [6.07, 6.45) is 0.941. The van der Waals surface area contributed by atoms with E-state index in [0.717, 1.165) is 29.8 Å². The number of carbonyl (C=O) groups excluding carboxylic acids is 1. The van der Waals surface area contributed by atoms with Crippen molar-refractivity contribution < 1.29 is 9.53 Å². The third kappa shape index (κ3) is 3.60. The highest BCUT2D eigenvalue weighted by Crippen LogP contribution is 2.27. The Bertz CT molecular complexity index is 717. The number of rotatable bonds is 5. The molecular formula is C20H24N2O2. The number of ether oxygens (including phenoxy) is 1. The maximum atomic E-state index is 11.9. The summed E-state index contributed by atoms with van der Waals surface area (Å²) in [4.78, 5) is 11.9. The zero-order valence-electron chi connectivity index (χ0n) is 14.2. The molecule has 4 heteroatoms. The van der Waals surface area contributed by atoms with E-state index < -0.39 is 5.91 Å². The van der Waals surface area contributed by atoms with Crippen molar-refractivity contribution >= 4 is 11.6 Å². The second kappa shape index (κ2) is 7.05. The van der Waals surface area contributed by atoms with Gasteiger partial charge in [0.1, 0.15) is 0 Å². The molecule has 0 unspecified atom stereocenters. The normalized spacial score (nSPS) is 17.2. The van der Waals surface area contributed by atoms with Crippen molar-refractivity contribution in [2.24, 2.45) is 5.73 Å². The molecule has 1 aliphatic heterocycles. The molecule has 2 aromatic rings. The molecule has 1 heterocycles. The van der Waals surface area contributed by atoms with E-state index in [1.165, 1.54) is 5.56 Å². The fourth-order valence-corrected chi connectivity index (χ4v) is 2.98. The molecule has 0 radical (unpaired) electrons. The van der Waals surface area contributed by atoms with Crippen molar-refractivity contribution in [1.29, 1.82) is 0 Å². The number of nitrogens with one attached hydrogen (secondary N) is 1. The van der Waals surface area contributed by atoms with Crippen LogP contribution >= 0.6 is 0 Å². The van der Waals surface area contributed by atoms with E-state index in [-0.39, 0.29) is 6.04 Å². The predicted molar refractivity (Wildman–Crippen MR) is 97.3 cm³/mol. The summed E-state index contributed by atoms with van der Waals surface area (Å²) in [6, 6.07) is 14.5. The van der Waals surface area contributed by atoms with Gasteiger partial charge in [-0.05, 0) is 41.2 Å². The lowest BCUT2D eigenvalue weighted by Gasteiger charge is -2.16. The molecule has 126 valence electrons. The molecule has 0 bridgehead atoms. The van der Waals surface area contributed by atoms with Gasteiger partial charge in [0.05, 0.1) is 18.2 Å². The van der Waals surface area contributed by atoms with Gasteiger partial charge in [-0.15, -0.1) is 0 Å². The molecule has 0 aliphatic carbocycles. The minimum atomic E-state index is -0.419. The molecule has 1 fully saturated rings. The summed E-state index contributed by atoms with van der Waals surface area (Å²) >= 11 is 0. The van der Waals surface area contributed by atoms with E-state index in [2.05, 4.69) is 43.4 Å². The lowest BCUT2D eigenvalue weighted by Crippen LogP contribution is -2.22. The van der Waals surface area contributed by atoms with E-state index >= 15 is 0 Å². The molecule has 1 saturated heterocycles. The number of anilines is 1. The molecule has 3 N–H and O–H groups in total. The number of amides is 1. The van der Waals surface area contributed by atoms with E-state index in [9.17, 15) is 4.79 Å².